The van der Waals surface area contributed by atoms with Gasteiger partial charge in [0.15, 0.2) is 0 Å². The van der Waals surface area contributed by atoms with Crippen LogP contribution in [0.25, 0.3) is 0 Å². The minimum atomic E-state index is -2.42. The lowest BCUT2D eigenvalue weighted by Crippen LogP contribution is -2.30. The molecule has 2 nitrogen and oxygen atoms in total. The van der Waals surface area contributed by atoms with Gasteiger partial charge >= 0.3 is 0 Å². The summed E-state index contributed by atoms with van der Waals surface area (Å²) in [4.78, 5) is 0. The van der Waals surface area contributed by atoms with Crippen LogP contribution in [-0.2, 0) is 20.9 Å². The highest BCUT2D eigenvalue weighted by molar-refractivity contribution is 8.22. The van der Waals surface area contributed by atoms with Crippen LogP contribution in [0.15, 0.2) is 0 Å². The summed E-state index contributed by atoms with van der Waals surface area (Å²) in [7, 11) is 0. The van der Waals surface area contributed by atoms with E-state index in [1.807, 2.05) is 0 Å². The summed E-state index contributed by atoms with van der Waals surface area (Å²) in [6, 6.07) is 0. The maximum atomic E-state index is 5.91. The highest BCUT2D eigenvalue weighted by Crippen LogP contribution is 2.59. The van der Waals surface area contributed by atoms with Gasteiger partial charge in [-0.15, -0.1) is 0 Å². The van der Waals surface area contributed by atoms with E-state index in [-0.39, 0.29) is 6.10 Å². The Labute approximate surface area is 89.9 Å². The summed E-state index contributed by atoms with van der Waals surface area (Å²) >= 11 is 10.9. The van der Waals surface area contributed by atoms with Crippen molar-refractivity contribution < 1.29 is 9.05 Å². The predicted octanol–water partition coefficient (Wildman–Crippen LogP) is 3.69. The van der Waals surface area contributed by atoms with Crippen LogP contribution in [0.5, 0.6) is 0 Å². The SMILES string of the molecule is CCCC1OP(=S)(Cl)OCC1CC. The van der Waals surface area contributed by atoms with E-state index < -0.39 is 5.84 Å². The number of hydrogen-bond acceptors (Lipinski definition) is 3. The van der Waals surface area contributed by atoms with Crippen molar-refractivity contribution in [1.82, 2.24) is 0 Å². The zero-order valence-corrected chi connectivity index (χ0v) is 10.5. The Morgan fingerprint density at radius 1 is 1.54 bits per heavy atom. The first-order chi connectivity index (χ1) is 6.09. The topological polar surface area (TPSA) is 18.5 Å². The fraction of sp³-hybridized carbons (Fsp3) is 1.00. The second kappa shape index (κ2) is 5.09. The van der Waals surface area contributed by atoms with Crippen molar-refractivity contribution in [2.24, 2.45) is 5.92 Å². The van der Waals surface area contributed by atoms with E-state index in [2.05, 4.69) is 13.8 Å². The van der Waals surface area contributed by atoms with Gasteiger partial charge in [-0.3, -0.25) is 0 Å². The molecule has 3 unspecified atom stereocenters. The Bertz CT molecular complexity index is 212. The van der Waals surface area contributed by atoms with Crippen LogP contribution in [0.3, 0.4) is 0 Å². The normalized spacial score (nSPS) is 40.5. The van der Waals surface area contributed by atoms with Gasteiger partial charge in [0.25, 0.3) is 5.84 Å². The molecule has 78 valence electrons. The van der Waals surface area contributed by atoms with Gasteiger partial charge in [-0.05, 0) is 35.9 Å². The first-order valence-corrected chi connectivity index (χ1v) is 8.26. The molecular weight excluding hydrogens is 227 g/mol. The van der Waals surface area contributed by atoms with Crippen molar-refractivity contribution in [1.29, 1.82) is 0 Å². The van der Waals surface area contributed by atoms with Crippen molar-refractivity contribution in [3.05, 3.63) is 0 Å². The van der Waals surface area contributed by atoms with Gasteiger partial charge in [0, 0.05) is 5.92 Å². The molecule has 0 bridgehead atoms. The van der Waals surface area contributed by atoms with Gasteiger partial charge in [-0.2, -0.15) is 0 Å². The second-order valence-corrected chi connectivity index (χ2v) is 8.04. The number of hydrogen-bond donors (Lipinski definition) is 0. The summed E-state index contributed by atoms with van der Waals surface area (Å²) in [5, 5.41) is 0. The van der Waals surface area contributed by atoms with Crippen molar-refractivity contribution in [2.75, 3.05) is 6.61 Å². The Morgan fingerprint density at radius 2 is 2.23 bits per heavy atom. The van der Waals surface area contributed by atoms with Gasteiger partial charge in [-0.25, -0.2) is 0 Å². The maximum absolute atomic E-state index is 5.91. The highest BCUT2D eigenvalue weighted by atomic mass is 35.7. The van der Waals surface area contributed by atoms with Gasteiger partial charge in [0.2, 0.25) is 0 Å². The smallest absolute Gasteiger partial charge is 0.282 e. The third-order valence-electron chi connectivity index (χ3n) is 2.33. The average Bonchev–Trinajstić information content (AvgIpc) is 2.04. The summed E-state index contributed by atoms with van der Waals surface area (Å²) < 4.78 is 10.9. The first kappa shape index (κ1) is 11.9. The van der Waals surface area contributed by atoms with Gasteiger partial charge in [0.05, 0.1) is 12.7 Å². The average molecular weight is 243 g/mol. The van der Waals surface area contributed by atoms with E-state index in [1.54, 1.807) is 0 Å². The van der Waals surface area contributed by atoms with E-state index in [0.29, 0.717) is 12.5 Å². The molecule has 0 spiro atoms. The van der Waals surface area contributed by atoms with Crippen molar-refractivity contribution in [2.45, 2.75) is 39.2 Å². The van der Waals surface area contributed by atoms with Crippen molar-refractivity contribution >= 4 is 28.9 Å². The Kier molecular flexibility index (Phi) is 4.67. The Hall–Kier alpha value is 0.860. The van der Waals surface area contributed by atoms with Crippen LogP contribution in [0.1, 0.15) is 33.1 Å². The quantitative estimate of drug-likeness (QED) is 0.704. The van der Waals surface area contributed by atoms with E-state index >= 15 is 0 Å². The molecule has 1 aliphatic heterocycles. The lowest BCUT2D eigenvalue weighted by atomic mass is 9.97. The summed E-state index contributed by atoms with van der Waals surface area (Å²) in [5.74, 6) is -1.95. The third-order valence-corrected chi connectivity index (χ3v) is 4.41. The Balaban J connectivity index is 2.57. The van der Waals surface area contributed by atoms with Crippen molar-refractivity contribution in [3.8, 4) is 0 Å². The summed E-state index contributed by atoms with van der Waals surface area (Å²) in [6.45, 7) is 4.95. The summed E-state index contributed by atoms with van der Waals surface area (Å²) in [5.41, 5.74) is 0. The molecule has 0 aliphatic carbocycles. The van der Waals surface area contributed by atoms with Gasteiger partial charge in [-0.1, -0.05) is 20.3 Å². The van der Waals surface area contributed by atoms with Crippen LogP contribution in [0.4, 0.5) is 0 Å². The molecule has 0 N–H and O–H groups in total. The monoisotopic (exact) mass is 242 g/mol. The van der Waals surface area contributed by atoms with Crippen LogP contribution < -0.4 is 0 Å². The van der Waals surface area contributed by atoms with Gasteiger partial charge < -0.3 is 9.05 Å². The molecule has 13 heavy (non-hydrogen) atoms. The molecule has 0 aromatic carbocycles. The molecule has 0 amide bonds. The Morgan fingerprint density at radius 3 is 2.77 bits per heavy atom. The third kappa shape index (κ3) is 3.49. The van der Waals surface area contributed by atoms with Crippen LogP contribution in [0.2, 0.25) is 0 Å². The fourth-order valence-corrected chi connectivity index (χ4v) is 3.55. The molecular formula is C8H16ClO2PS. The van der Waals surface area contributed by atoms with Crippen LogP contribution in [-0.4, -0.2) is 12.7 Å². The molecule has 0 radical (unpaired) electrons. The molecule has 0 aromatic rings. The van der Waals surface area contributed by atoms with Crippen LogP contribution in [0, 0.1) is 5.92 Å². The molecule has 1 rings (SSSR count). The van der Waals surface area contributed by atoms with Gasteiger partial charge in [0.1, 0.15) is 0 Å². The fourth-order valence-electron chi connectivity index (χ4n) is 1.52. The molecule has 1 saturated heterocycles. The molecule has 1 aliphatic rings. The zero-order chi connectivity index (χ0) is 9.90. The lowest BCUT2D eigenvalue weighted by molar-refractivity contribution is 0.0436. The lowest BCUT2D eigenvalue weighted by Gasteiger charge is -2.34. The molecule has 0 saturated carbocycles. The van der Waals surface area contributed by atoms with E-state index in [4.69, 9.17) is 32.1 Å². The molecule has 3 atom stereocenters. The molecule has 1 fully saturated rings. The van der Waals surface area contributed by atoms with E-state index in [0.717, 1.165) is 19.3 Å². The number of rotatable bonds is 3. The maximum Gasteiger partial charge on any atom is 0.282 e. The van der Waals surface area contributed by atoms with E-state index in [1.165, 1.54) is 0 Å². The minimum Gasteiger partial charge on any atom is -0.318 e. The number of halogens is 1. The highest BCUT2D eigenvalue weighted by Gasteiger charge is 2.33. The molecule has 1 heterocycles. The van der Waals surface area contributed by atoms with Crippen LogP contribution >= 0.6 is 17.1 Å². The van der Waals surface area contributed by atoms with Crippen molar-refractivity contribution in [3.63, 3.8) is 0 Å². The first-order valence-electron chi connectivity index (χ1n) is 4.71. The molecule has 0 aromatic heterocycles. The summed E-state index contributed by atoms with van der Waals surface area (Å²) in [6.07, 6.45) is 3.42. The predicted molar refractivity (Wildman–Crippen MR) is 59.7 cm³/mol. The zero-order valence-electron chi connectivity index (χ0n) is 8.03. The standard InChI is InChI=1S/C8H16ClO2PS/c1-3-5-8-7(4-2)6-10-12(9,13)11-8/h7-8H,3-6H2,1-2H3. The largest absolute Gasteiger partial charge is 0.318 e. The van der Waals surface area contributed by atoms with E-state index in [9.17, 15) is 0 Å². The second-order valence-electron chi connectivity index (χ2n) is 3.33. The minimum absolute atomic E-state index is 0.215. The molecule has 5 heteroatoms.